The van der Waals surface area contributed by atoms with Gasteiger partial charge in [-0.15, -0.1) is 0 Å². The van der Waals surface area contributed by atoms with Gasteiger partial charge in [-0.1, -0.05) is 184 Å². The number of aliphatic hydroxyl groups is 2. The van der Waals surface area contributed by atoms with E-state index in [1.165, 1.54) is 109 Å². The van der Waals surface area contributed by atoms with Crippen molar-refractivity contribution in [3.8, 4) is 0 Å². The molecule has 10 nitrogen and oxygen atoms in total. The van der Waals surface area contributed by atoms with Gasteiger partial charge in [-0.3, -0.25) is 18.6 Å². The van der Waals surface area contributed by atoms with Gasteiger partial charge in [-0.25, -0.2) is 4.57 Å². The van der Waals surface area contributed by atoms with Gasteiger partial charge in [-0.05, 0) is 51.4 Å². The van der Waals surface area contributed by atoms with Crippen LogP contribution >= 0.6 is 7.82 Å². The number of carbonyl (C=O) groups excluding carboxylic acids is 2. The molecule has 11 heteroatoms. The highest BCUT2D eigenvalue weighted by Crippen LogP contribution is 2.43. The van der Waals surface area contributed by atoms with E-state index in [-0.39, 0.29) is 19.4 Å². The highest BCUT2D eigenvalue weighted by atomic mass is 31.2. The van der Waals surface area contributed by atoms with Gasteiger partial charge in [0.05, 0.1) is 19.8 Å². The number of hydrogen-bond donors (Lipinski definition) is 3. The van der Waals surface area contributed by atoms with Crippen molar-refractivity contribution in [2.45, 2.75) is 212 Å². The number of phosphoric ester groups is 1. The lowest BCUT2D eigenvalue weighted by molar-refractivity contribution is -0.161. The molecule has 3 N–H and O–H groups in total. The van der Waals surface area contributed by atoms with Crippen LogP contribution in [0.2, 0.25) is 0 Å². The van der Waals surface area contributed by atoms with Crippen LogP contribution in [0.15, 0.2) is 48.6 Å². The number of hydrogen-bond acceptors (Lipinski definition) is 9. The van der Waals surface area contributed by atoms with E-state index in [0.717, 1.165) is 44.9 Å². The molecule has 0 aliphatic rings. The SMILES string of the molecule is CCCCC/C=C/C/C=C/C/C=C/C/C=C/CCCC(=O)OC[C@H](COP(=O)(O)OC[C@@H](O)CO)OC(=O)CCCCCCCCCCCCCCCCCCCC. The normalized spacial score (nSPS) is 14.2. The van der Waals surface area contributed by atoms with Crippen molar-refractivity contribution >= 4 is 19.8 Å². The topological polar surface area (TPSA) is 149 Å². The first-order valence-corrected chi connectivity index (χ1v) is 24.6. The van der Waals surface area contributed by atoms with Crippen molar-refractivity contribution in [3.63, 3.8) is 0 Å². The van der Waals surface area contributed by atoms with Crippen LogP contribution < -0.4 is 0 Å². The number of phosphoric acid groups is 1. The highest BCUT2D eigenvalue weighted by molar-refractivity contribution is 7.47. The molecule has 0 aromatic heterocycles. The van der Waals surface area contributed by atoms with Gasteiger partial charge in [-0.2, -0.15) is 0 Å². The maximum Gasteiger partial charge on any atom is 0.472 e. The van der Waals surface area contributed by atoms with E-state index in [0.29, 0.717) is 19.3 Å². The lowest BCUT2D eigenvalue weighted by atomic mass is 10.0. The summed E-state index contributed by atoms with van der Waals surface area (Å²) in [6.07, 6.45) is 46.5. The van der Waals surface area contributed by atoms with E-state index in [9.17, 15) is 24.2 Å². The fourth-order valence-corrected chi connectivity index (χ4v) is 6.95. The molecule has 0 saturated carbocycles. The van der Waals surface area contributed by atoms with Crippen LogP contribution in [0.1, 0.15) is 200 Å². The fourth-order valence-electron chi connectivity index (χ4n) is 6.16. The minimum atomic E-state index is -4.63. The fraction of sp³-hybridized carbons (Fsp3) is 0.787. The van der Waals surface area contributed by atoms with Gasteiger partial charge >= 0.3 is 19.8 Å². The average molecular weight is 841 g/mol. The van der Waals surface area contributed by atoms with Crippen LogP contribution in [0, 0.1) is 0 Å². The number of allylic oxidation sites excluding steroid dienone is 8. The second-order valence-corrected chi connectivity index (χ2v) is 16.9. The zero-order valence-electron chi connectivity index (χ0n) is 36.8. The Hall–Kier alpha value is -2.07. The Morgan fingerprint density at radius 3 is 1.40 bits per heavy atom. The molecule has 0 heterocycles. The predicted octanol–water partition coefficient (Wildman–Crippen LogP) is 12.5. The van der Waals surface area contributed by atoms with Crippen LogP contribution in [0.25, 0.3) is 0 Å². The molecule has 1 unspecified atom stereocenters. The van der Waals surface area contributed by atoms with E-state index in [2.05, 4.69) is 56.4 Å². The summed E-state index contributed by atoms with van der Waals surface area (Å²) >= 11 is 0. The van der Waals surface area contributed by atoms with E-state index in [1.807, 2.05) is 6.08 Å². The molecule has 3 atom stereocenters. The number of esters is 2. The van der Waals surface area contributed by atoms with E-state index in [4.69, 9.17) is 23.6 Å². The first kappa shape index (κ1) is 55.9. The summed E-state index contributed by atoms with van der Waals surface area (Å²) < 4.78 is 32.7. The molecular weight excluding hydrogens is 755 g/mol. The Labute approximate surface area is 353 Å². The molecule has 0 bridgehead atoms. The molecule has 0 rings (SSSR count). The second-order valence-electron chi connectivity index (χ2n) is 15.4. The van der Waals surface area contributed by atoms with Gasteiger partial charge in [0.25, 0.3) is 0 Å². The molecule has 58 heavy (non-hydrogen) atoms. The molecular formula is C47H85O10P. The minimum absolute atomic E-state index is 0.166. The van der Waals surface area contributed by atoms with Gasteiger partial charge < -0.3 is 24.6 Å². The Morgan fingerprint density at radius 2 is 0.914 bits per heavy atom. The number of carbonyl (C=O) groups is 2. The molecule has 338 valence electrons. The average Bonchev–Trinajstić information content (AvgIpc) is 3.21. The third-order valence-electron chi connectivity index (χ3n) is 9.74. The van der Waals surface area contributed by atoms with E-state index < -0.39 is 51.8 Å². The zero-order valence-corrected chi connectivity index (χ0v) is 37.6. The Morgan fingerprint density at radius 1 is 0.517 bits per heavy atom. The number of ether oxygens (including phenoxy) is 2. The van der Waals surface area contributed by atoms with Crippen molar-refractivity contribution in [2.24, 2.45) is 0 Å². The summed E-state index contributed by atoms with van der Waals surface area (Å²) in [6, 6.07) is 0. The molecule has 0 aromatic rings. The quantitative estimate of drug-likeness (QED) is 0.0234. The van der Waals surface area contributed by atoms with Crippen LogP contribution in [0.5, 0.6) is 0 Å². The Kier molecular flexibility index (Phi) is 41.5. The molecule has 0 spiro atoms. The molecule has 0 aliphatic carbocycles. The maximum atomic E-state index is 12.6. The molecule has 0 aromatic carbocycles. The smallest absolute Gasteiger partial charge is 0.462 e. The maximum absolute atomic E-state index is 12.6. The van der Waals surface area contributed by atoms with Crippen LogP contribution in [0.3, 0.4) is 0 Å². The summed E-state index contributed by atoms with van der Waals surface area (Å²) in [5.74, 6) is -0.985. The van der Waals surface area contributed by atoms with Crippen LogP contribution in [-0.2, 0) is 32.7 Å². The molecule has 0 saturated heterocycles. The summed E-state index contributed by atoms with van der Waals surface area (Å²) in [5, 5.41) is 18.4. The van der Waals surface area contributed by atoms with E-state index in [1.54, 1.807) is 0 Å². The number of unbranched alkanes of at least 4 members (excludes halogenated alkanes) is 21. The largest absolute Gasteiger partial charge is 0.472 e. The lowest BCUT2D eigenvalue weighted by Gasteiger charge is -2.20. The molecule has 0 aliphatic heterocycles. The summed E-state index contributed by atoms with van der Waals surface area (Å²) in [5.41, 5.74) is 0. The zero-order chi connectivity index (χ0) is 42.6. The van der Waals surface area contributed by atoms with Gasteiger partial charge in [0, 0.05) is 12.8 Å². The summed E-state index contributed by atoms with van der Waals surface area (Å²) in [7, 11) is -4.63. The standard InChI is InChI=1S/C47H85O10P/c1-3-5-7-9-11-13-15-17-19-21-23-25-27-29-31-33-35-37-39-47(51)57-45(43-56-58(52,53)55-41-44(49)40-48)42-54-46(50)38-36-34-32-30-28-26-24-22-20-18-16-14-12-10-8-6-4-2/h12,14,18,20,24,26,30,32,44-45,48-49H,3-11,13,15-17,19,21-23,25,27-29,31,33-43H2,1-2H3,(H,52,53)/b14-12+,20-18+,26-24+,32-30+/t44-,45+/m0/s1. The summed E-state index contributed by atoms with van der Waals surface area (Å²) in [6.45, 7) is 2.31. The molecule has 0 radical (unpaired) electrons. The Bertz CT molecular complexity index is 1110. The second kappa shape index (κ2) is 43.0. The number of rotatable bonds is 43. The Balaban J connectivity index is 4.33. The van der Waals surface area contributed by atoms with Crippen molar-refractivity contribution in [1.82, 2.24) is 0 Å². The molecule has 0 fully saturated rings. The van der Waals surface area contributed by atoms with E-state index >= 15 is 0 Å². The van der Waals surface area contributed by atoms with Crippen LogP contribution in [0.4, 0.5) is 0 Å². The van der Waals surface area contributed by atoms with Gasteiger partial charge in [0.2, 0.25) is 0 Å². The van der Waals surface area contributed by atoms with Gasteiger partial charge in [0.1, 0.15) is 12.7 Å². The third-order valence-corrected chi connectivity index (χ3v) is 10.7. The van der Waals surface area contributed by atoms with Crippen molar-refractivity contribution in [1.29, 1.82) is 0 Å². The lowest BCUT2D eigenvalue weighted by Crippen LogP contribution is -2.29. The predicted molar refractivity (Wildman–Crippen MR) is 237 cm³/mol. The highest BCUT2D eigenvalue weighted by Gasteiger charge is 2.27. The minimum Gasteiger partial charge on any atom is -0.462 e. The van der Waals surface area contributed by atoms with Crippen molar-refractivity contribution in [3.05, 3.63) is 48.6 Å². The van der Waals surface area contributed by atoms with Crippen molar-refractivity contribution in [2.75, 3.05) is 26.4 Å². The first-order chi connectivity index (χ1) is 28.2. The first-order valence-electron chi connectivity index (χ1n) is 23.1. The van der Waals surface area contributed by atoms with Crippen LogP contribution in [-0.4, -0.2) is 65.7 Å². The third kappa shape index (κ3) is 42.1. The van der Waals surface area contributed by atoms with Gasteiger partial charge in [0.15, 0.2) is 6.10 Å². The summed E-state index contributed by atoms with van der Waals surface area (Å²) in [4.78, 5) is 35.0. The van der Waals surface area contributed by atoms with Crippen molar-refractivity contribution < 1.29 is 47.8 Å². The molecule has 0 amide bonds. The monoisotopic (exact) mass is 841 g/mol. The number of aliphatic hydroxyl groups excluding tert-OH is 2.